The number of carbonyl (C=O) groups excluding carboxylic acids is 3. The van der Waals surface area contributed by atoms with Gasteiger partial charge in [-0.1, -0.05) is 0 Å². The molecule has 1 unspecified atom stereocenters. The standard InChI is InChI=1S/C11H18N2O4/c1-8(7-14)12(2)9(15)5-6-13-10(16)3-4-11(13)17/h8,14H,3-7H2,1-2H3. The Morgan fingerprint density at radius 2 is 1.94 bits per heavy atom. The van der Waals surface area contributed by atoms with Crippen molar-refractivity contribution in [2.24, 2.45) is 0 Å². The summed E-state index contributed by atoms with van der Waals surface area (Å²) in [6.07, 6.45) is 0.601. The Morgan fingerprint density at radius 1 is 1.41 bits per heavy atom. The lowest BCUT2D eigenvalue weighted by Gasteiger charge is -2.24. The van der Waals surface area contributed by atoms with Gasteiger partial charge < -0.3 is 10.0 Å². The van der Waals surface area contributed by atoms with Gasteiger partial charge in [-0.15, -0.1) is 0 Å². The molecular formula is C11H18N2O4. The van der Waals surface area contributed by atoms with Crippen molar-refractivity contribution >= 4 is 17.7 Å². The van der Waals surface area contributed by atoms with Gasteiger partial charge in [-0.05, 0) is 6.92 Å². The Morgan fingerprint density at radius 3 is 2.41 bits per heavy atom. The highest BCUT2D eigenvalue weighted by atomic mass is 16.3. The lowest BCUT2D eigenvalue weighted by Crippen LogP contribution is -2.40. The minimum absolute atomic E-state index is 0.107. The first kappa shape index (κ1) is 13.6. The number of aliphatic hydroxyl groups is 1. The van der Waals surface area contributed by atoms with Crippen LogP contribution in [-0.4, -0.2) is 58.9 Å². The first-order chi connectivity index (χ1) is 7.97. The van der Waals surface area contributed by atoms with Crippen molar-refractivity contribution in [3.63, 3.8) is 0 Å². The van der Waals surface area contributed by atoms with E-state index >= 15 is 0 Å². The van der Waals surface area contributed by atoms with Gasteiger partial charge in [0.25, 0.3) is 0 Å². The van der Waals surface area contributed by atoms with Crippen molar-refractivity contribution in [1.29, 1.82) is 0 Å². The average molecular weight is 242 g/mol. The van der Waals surface area contributed by atoms with E-state index in [-0.39, 0.29) is 56.2 Å². The molecule has 6 heteroatoms. The van der Waals surface area contributed by atoms with E-state index in [1.807, 2.05) is 0 Å². The number of carbonyl (C=O) groups is 3. The summed E-state index contributed by atoms with van der Waals surface area (Å²) in [6.45, 7) is 1.76. The molecule has 0 aromatic heterocycles. The molecule has 1 N–H and O–H groups in total. The summed E-state index contributed by atoms with van der Waals surface area (Å²) in [4.78, 5) is 36.8. The second-order valence-electron chi connectivity index (χ2n) is 4.23. The fourth-order valence-corrected chi connectivity index (χ4v) is 1.62. The van der Waals surface area contributed by atoms with Gasteiger partial charge in [0.15, 0.2) is 0 Å². The molecule has 1 atom stereocenters. The van der Waals surface area contributed by atoms with Gasteiger partial charge in [0.05, 0.1) is 12.6 Å². The summed E-state index contributed by atoms with van der Waals surface area (Å²) >= 11 is 0. The van der Waals surface area contributed by atoms with E-state index in [1.165, 1.54) is 4.90 Å². The highest BCUT2D eigenvalue weighted by molar-refractivity contribution is 6.02. The monoisotopic (exact) mass is 242 g/mol. The lowest BCUT2D eigenvalue weighted by atomic mass is 10.2. The Balaban J connectivity index is 2.43. The molecule has 0 spiro atoms. The second kappa shape index (κ2) is 5.77. The normalized spacial score (nSPS) is 17.5. The van der Waals surface area contributed by atoms with Crippen LogP contribution in [0.3, 0.4) is 0 Å². The fourth-order valence-electron chi connectivity index (χ4n) is 1.62. The van der Waals surface area contributed by atoms with Crippen molar-refractivity contribution in [2.45, 2.75) is 32.2 Å². The van der Waals surface area contributed by atoms with Crippen LogP contribution in [0.25, 0.3) is 0 Å². The molecule has 17 heavy (non-hydrogen) atoms. The zero-order valence-corrected chi connectivity index (χ0v) is 10.2. The number of hydrogen-bond acceptors (Lipinski definition) is 4. The van der Waals surface area contributed by atoms with E-state index in [0.717, 1.165) is 4.90 Å². The predicted molar refractivity (Wildman–Crippen MR) is 59.9 cm³/mol. The molecule has 1 aliphatic heterocycles. The molecule has 96 valence electrons. The van der Waals surface area contributed by atoms with Crippen LogP contribution in [0.15, 0.2) is 0 Å². The molecule has 0 aromatic carbocycles. The second-order valence-corrected chi connectivity index (χ2v) is 4.23. The average Bonchev–Trinajstić information content (AvgIpc) is 2.64. The van der Waals surface area contributed by atoms with Gasteiger partial charge in [0.2, 0.25) is 17.7 Å². The predicted octanol–water partition coefficient (Wildman–Crippen LogP) is -0.635. The van der Waals surface area contributed by atoms with Crippen LogP contribution in [0.2, 0.25) is 0 Å². The number of hydrogen-bond donors (Lipinski definition) is 1. The molecular weight excluding hydrogens is 224 g/mol. The number of likely N-dealkylation sites (tertiary alicyclic amines) is 1. The van der Waals surface area contributed by atoms with Crippen LogP contribution in [0, 0.1) is 0 Å². The third-order valence-electron chi connectivity index (χ3n) is 3.02. The topological polar surface area (TPSA) is 77.9 Å². The molecule has 3 amide bonds. The van der Waals surface area contributed by atoms with Gasteiger partial charge in [-0.2, -0.15) is 0 Å². The maximum Gasteiger partial charge on any atom is 0.229 e. The van der Waals surface area contributed by atoms with Crippen LogP contribution in [0.5, 0.6) is 0 Å². The summed E-state index contributed by atoms with van der Waals surface area (Å²) in [5.74, 6) is -0.597. The summed E-state index contributed by atoms with van der Waals surface area (Å²) < 4.78 is 0. The Kier molecular flexibility index (Phi) is 4.62. The highest BCUT2D eigenvalue weighted by Crippen LogP contribution is 2.12. The minimum atomic E-state index is -0.257. The molecule has 1 aliphatic rings. The smallest absolute Gasteiger partial charge is 0.229 e. The molecule has 1 rings (SSSR count). The van der Waals surface area contributed by atoms with E-state index in [9.17, 15) is 14.4 Å². The van der Waals surface area contributed by atoms with Crippen molar-refractivity contribution in [3.05, 3.63) is 0 Å². The van der Waals surface area contributed by atoms with Crippen LogP contribution in [0.4, 0.5) is 0 Å². The number of imide groups is 1. The third-order valence-corrected chi connectivity index (χ3v) is 3.02. The van der Waals surface area contributed by atoms with E-state index in [2.05, 4.69) is 0 Å². The molecule has 0 bridgehead atoms. The van der Waals surface area contributed by atoms with Crippen molar-refractivity contribution in [3.8, 4) is 0 Å². The number of nitrogens with zero attached hydrogens (tertiary/aromatic N) is 2. The van der Waals surface area contributed by atoms with Gasteiger partial charge >= 0.3 is 0 Å². The Labute approximate surface area is 100 Å². The molecule has 1 saturated heterocycles. The van der Waals surface area contributed by atoms with E-state index in [4.69, 9.17) is 5.11 Å². The largest absolute Gasteiger partial charge is 0.394 e. The summed E-state index contributed by atoms with van der Waals surface area (Å²) in [7, 11) is 1.59. The van der Waals surface area contributed by atoms with Gasteiger partial charge in [0, 0.05) is 32.9 Å². The molecule has 0 saturated carbocycles. The minimum Gasteiger partial charge on any atom is -0.394 e. The third kappa shape index (κ3) is 3.26. The fraction of sp³-hybridized carbons (Fsp3) is 0.727. The van der Waals surface area contributed by atoms with E-state index in [0.29, 0.717) is 0 Å². The van der Waals surface area contributed by atoms with Crippen LogP contribution < -0.4 is 0 Å². The van der Waals surface area contributed by atoms with Crippen LogP contribution >= 0.6 is 0 Å². The molecule has 1 fully saturated rings. The molecule has 0 radical (unpaired) electrons. The van der Waals surface area contributed by atoms with Crippen molar-refractivity contribution in [1.82, 2.24) is 9.80 Å². The highest BCUT2D eigenvalue weighted by Gasteiger charge is 2.29. The first-order valence-electron chi connectivity index (χ1n) is 5.67. The van der Waals surface area contributed by atoms with Crippen molar-refractivity contribution < 1.29 is 19.5 Å². The van der Waals surface area contributed by atoms with Gasteiger partial charge in [-0.25, -0.2) is 0 Å². The first-order valence-corrected chi connectivity index (χ1v) is 5.67. The van der Waals surface area contributed by atoms with Gasteiger partial charge in [-0.3, -0.25) is 19.3 Å². The zero-order valence-electron chi connectivity index (χ0n) is 10.2. The number of aliphatic hydroxyl groups excluding tert-OH is 1. The Hall–Kier alpha value is -1.43. The zero-order chi connectivity index (χ0) is 13.0. The SMILES string of the molecule is CC(CO)N(C)C(=O)CCN1C(=O)CCC1=O. The number of rotatable bonds is 5. The lowest BCUT2D eigenvalue weighted by molar-refractivity contribution is -0.139. The molecule has 0 aliphatic carbocycles. The van der Waals surface area contributed by atoms with Crippen LogP contribution in [-0.2, 0) is 14.4 Å². The van der Waals surface area contributed by atoms with E-state index < -0.39 is 0 Å². The number of likely N-dealkylation sites (N-methyl/N-ethyl adjacent to an activating group) is 1. The summed E-state index contributed by atoms with van der Waals surface area (Å²) in [5, 5.41) is 8.91. The van der Waals surface area contributed by atoms with Crippen molar-refractivity contribution in [2.75, 3.05) is 20.2 Å². The molecule has 6 nitrogen and oxygen atoms in total. The quantitative estimate of drug-likeness (QED) is 0.651. The maximum atomic E-state index is 11.7. The Bertz CT molecular complexity index is 313. The van der Waals surface area contributed by atoms with Crippen LogP contribution in [0.1, 0.15) is 26.2 Å². The van der Waals surface area contributed by atoms with Gasteiger partial charge in [0.1, 0.15) is 0 Å². The number of amides is 3. The summed E-state index contributed by atoms with van der Waals surface area (Å²) in [6, 6.07) is -0.257. The van der Waals surface area contributed by atoms with E-state index in [1.54, 1.807) is 14.0 Å². The maximum absolute atomic E-state index is 11.7. The molecule has 0 aromatic rings. The summed E-state index contributed by atoms with van der Waals surface area (Å²) in [5.41, 5.74) is 0. The molecule has 1 heterocycles.